The van der Waals surface area contributed by atoms with Crippen LogP contribution in [-0.4, -0.2) is 39.8 Å². The fourth-order valence-electron chi connectivity index (χ4n) is 7.44. The lowest BCUT2D eigenvalue weighted by molar-refractivity contribution is -0.384. The van der Waals surface area contributed by atoms with Gasteiger partial charge in [0.1, 0.15) is 5.60 Å². The van der Waals surface area contributed by atoms with Crippen LogP contribution < -0.4 is 0 Å². The van der Waals surface area contributed by atoms with Crippen LogP contribution in [0.4, 0.5) is 5.69 Å². The van der Waals surface area contributed by atoms with Gasteiger partial charge in [0, 0.05) is 29.4 Å². The molecule has 9 heteroatoms. The molecule has 0 spiro atoms. The number of nitrogens with zero attached hydrogens (tertiary/aromatic N) is 1. The highest BCUT2D eigenvalue weighted by Gasteiger charge is 2.64. The summed E-state index contributed by atoms with van der Waals surface area (Å²) >= 11 is 6.02. The summed E-state index contributed by atoms with van der Waals surface area (Å²) in [4.78, 5) is 48.2. The van der Waals surface area contributed by atoms with Crippen LogP contribution in [0, 0.1) is 32.8 Å². The summed E-state index contributed by atoms with van der Waals surface area (Å²) in [5.74, 6) is -0.896. The number of halogens is 1. The van der Waals surface area contributed by atoms with Gasteiger partial charge in [0.15, 0.2) is 12.4 Å². The van der Waals surface area contributed by atoms with E-state index >= 15 is 0 Å². The molecule has 5 rings (SSSR count). The number of fused-ring (bicyclic) bond motifs is 5. The van der Waals surface area contributed by atoms with Crippen molar-refractivity contribution < 1.29 is 29.2 Å². The van der Waals surface area contributed by atoms with Gasteiger partial charge in [0.05, 0.1) is 15.5 Å². The van der Waals surface area contributed by atoms with E-state index < -0.39 is 34.3 Å². The number of ether oxygens (including phenoxy) is 1. The van der Waals surface area contributed by atoms with Crippen LogP contribution in [0.15, 0.2) is 41.5 Å². The Hall–Kier alpha value is -2.84. The third kappa shape index (κ3) is 3.87. The minimum Gasteiger partial charge on any atom is -0.454 e. The first kappa shape index (κ1) is 25.8. The number of aliphatic hydroxyl groups is 1. The van der Waals surface area contributed by atoms with Gasteiger partial charge in [-0.2, -0.15) is 0 Å². The number of rotatable bonds is 5. The van der Waals surface area contributed by atoms with Crippen molar-refractivity contribution in [3.8, 4) is 0 Å². The lowest BCUT2D eigenvalue weighted by Crippen LogP contribution is -2.55. The Morgan fingerprint density at radius 3 is 2.68 bits per heavy atom. The number of nitro groups is 1. The topological polar surface area (TPSA) is 124 Å². The van der Waals surface area contributed by atoms with Gasteiger partial charge in [-0.15, -0.1) is 0 Å². The molecule has 0 amide bonds. The van der Waals surface area contributed by atoms with Crippen LogP contribution in [0.1, 0.15) is 69.2 Å². The molecule has 0 unspecified atom stereocenters. The van der Waals surface area contributed by atoms with E-state index in [0.717, 1.165) is 31.4 Å². The number of carbonyl (C=O) groups excluding carboxylic acids is 3. The highest BCUT2D eigenvalue weighted by atomic mass is 35.5. The lowest BCUT2D eigenvalue weighted by atomic mass is 9.50. The van der Waals surface area contributed by atoms with E-state index in [4.69, 9.17) is 16.3 Å². The zero-order chi connectivity index (χ0) is 26.8. The largest absolute Gasteiger partial charge is 0.454 e. The number of ketones is 2. The van der Waals surface area contributed by atoms with Gasteiger partial charge in [-0.1, -0.05) is 42.7 Å². The van der Waals surface area contributed by atoms with E-state index in [-0.39, 0.29) is 39.3 Å². The lowest BCUT2D eigenvalue weighted by Gasteiger charge is -2.54. The molecule has 37 heavy (non-hydrogen) atoms. The Morgan fingerprint density at radius 2 is 1.97 bits per heavy atom. The number of esters is 1. The number of carbonyl (C=O) groups is 3. The standard InChI is InChI=1S/C28H30ClNO7/c1-26-10-7-18(31)13-16(26)3-5-19-21(26)8-11-27(2)22(19)9-12-28(27,34)24(32)15-37-25(33)20-6-4-17(30(35)36)14-23(20)29/h4,6,8,13-14,19,22,34H,3,5,7,9-12,15H2,1-2H3/t19-,22+,26+,27-,28+/m1/s1. The Balaban J connectivity index is 1.34. The molecule has 196 valence electrons. The predicted octanol–water partition coefficient (Wildman–Crippen LogP) is 5.16. The summed E-state index contributed by atoms with van der Waals surface area (Å²) in [7, 11) is 0. The normalized spacial score (nSPS) is 34.4. The van der Waals surface area contributed by atoms with Crippen LogP contribution in [0.25, 0.3) is 0 Å². The number of Topliss-reactive ketones (excluding diaryl/α,β-unsaturated/α-hetero) is 1. The third-order valence-corrected chi connectivity index (χ3v) is 9.98. The quantitative estimate of drug-likeness (QED) is 0.243. The zero-order valence-corrected chi connectivity index (χ0v) is 21.7. The monoisotopic (exact) mass is 527 g/mol. The Kier molecular flexibility index (Phi) is 6.19. The van der Waals surface area contributed by atoms with Crippen molar-refractivity contribution in [1.29, 1.82) is 0 Å². The molecule has 1 N–H and O–H groups in total. The number of non-ortho nitro benzene ring substituents is 1. The van der Waals surface area contributed by atoms with Gasteiger partial charge in [0.25, 0.3) is 5.69 Å². The number of benzene rings is 1. The second kappa shape index (κ2) is 8.88. The van der Waals surface area contributed by atoms with Gasteiger partial charge in [-0.25, -0.2) is 4.79 Å². The van der Waals surface area contributed by atoms with Crippen molar-refractivity contribution in [1.82, 2.24) is 0 Å². The number of allylic oxidation sites excluding steroid dienone is 4. The second-order valence-electron chi connectivity index (χ2n) is 11.3. The van der Waals surface area contributed by atoms with Gasteiger partial charge < -0.3 is 9.84 Å². The molecule has 0 aromatic heterocycles. The Bertz CT molecular complexity index is 1290. The molecule has 4 aliphatic carbocycles. The maximum Gasteiger partial charge on any atom is 0.340 e. The number of nitro benzene ring substituents is 1. The average molecular weight is 528 g/mol. The average Bonchev–Trinajstić information content (AvgIpc) is 3.14. The molecule has 0 saturated heterocycles. The molecule has 2 saturated carbocycles. The number of hydrogen-bond acceptors (Lipinski definition) is 7. The van der Waals surface area contributed by atoms with E-state index in [1.54, 1.807) is 0 Å². The highest BCUT2D eigenvalue weighted by molar-refractivity contribution is 6.33. The molecular formula is C28H30ClNO7. The molecular weight excluding hydrogens is 498 g/mol. The molecule has 0 aliphatic heterocycles. The predicted molar refractivity (Wildman–Crippen MR) is 135 cm³/mol. The molecule has 0 bridgehead atoms. The van der Waals surface area contributed by atoms with Crippen LogP contribution in [0.2, 0.25) is 5.02 Å². The molecule has 0 heterocycles. The number of hydrogen-bond donors (Lipinski definition) is 1. The summed E-state index contributed by atoms with van der Waals surface area (Å²) in [5.41, 5.74) is -0.274. The van der Waals surface area contributed by atoms with Crippen molar-refractivity contribution in [2.24, 2.45) is 22.7 Å². The molecule has 2 fully saturated rings. The van der Waals surface area contributed by atoms with Crippen molar-refractivity contribution in [3.63, 3.8) is 0 Å². The van der Waals surface area contributed by atoms with Gasteiger partial charge in [-0.05, 0) is 62.5 Å². The first-order chi connectivity index (χ1) is 17.4. The summed E-state index contributed by atoms with van der Waals surface area (Å²) in [6.45, 7) is 3.57. The van der Waals surface area contributed by atoms with Crippen LogP contribution in [0.3, 0.4) is 0 Å². The first-order valence-corrected chi connectivity index (χ1v) is 13.1. The minimum absolute atomic E-state index is 0.0851. The fraction of sp³-hybridized carbons (Fsp3) is 0.536. The van der Waals surface area contributed by atoms with E-state index in [0.29, 0.717) is 25.7 Å². The summed E-state index contributed by atoms with van der Waals surface area (Å²) in [6.07, 6.45) is 8.60. The van der Waals surface area contributed by atoms with Crippen LogP contribution in [0.5, 0.6) is 0 Å². The Labute approximate surface area is 219 Å². The first-order valence-electron chi connectivity index (χ1n) is 12.7. The fourth-order valence-corrected chi connectivity index (χ4v) is 7.69. The third-order valence-electron chi connectivity index (χ3n) is 9.67. The van der Waals surface area contributed by atoms with Crippen LogP contribution >= 0.6 is 11.6 Å². The van der Waals surface area contributed by atoms with Crippen molar-refractivity contribution in [2.75, 3.05) is 6.61 Å². The van der Waals surface area contributed by atoms with E-state index in [1.807, 2.05) is 13.0 Å². The second-order valence-corrected chi connectivity index (χ2v) is 11.7. The minimum atomic E-state index is -1.64. The van der Waals surface area contributed by atoms with Crippen molar-refractivity contribution in [2.45, 2.75) is 64.4 Å². The molecule has 0 radical (unpaired) electrons. The summed E-state index contributed by atoms with van der Waals surface area (Å²) in [6, 6.07) is 3.38. The highest BCUT2D eigenvalue weighted by Crippen LogP contribution is 2.65. The smallest absolute Gasteiger partial charge is 0.340 e. The van der Waals surface area contributed by atoms with E-state index in [2.05, 4.69) is 13.0 Å². The molecule has 1 aromatic carbocycles. The van der Waals surface area contributed by atoms with Gasteiger partial charge in [0.2, 0.25) is 5.78 Å². The maximum absolute atomic E-state index is 13.4. The van der Waals surface area contributed by atoms with Crippen LogP contribution in [-0.2, 0) is 14.3 Å². The molecule has 5 atom stereocenters. The van der Waals surface area contributed by atoms with Crippen molar-refractivity contribution >= 4 is 34.8 Å². The Morgan fingerprint density at radius 1 is 1.22 bits per heavy atom. The maximum atomic E-state index is 13.4. The zero-order valence-electron chi connectivity index (χ0n) is 20.9. The summed E-state index contributed by atoms with van der Waals surface area (Å²) < 4.78 is 5.22. The summed E-state index contributed by atoms with van der Waals surface area (Å²) in [5, 5.41) is 22.5. The molecule has 8 nitrogen and oxygen atoms in total. The molecule has 4 aliphatic rings. The van der Waals surface area contributed by atoms with Gasteiger partial charge in [-0.3, -0.25) is 19.7 Å². The van der Waals surface area contributed by atoms with Crippen molar-refractivity contribution in [3.05, 3.63) is 62.2 Å². The SMILES string of the molecule is C[C@]12CCC(=O)C=C1CC[C@@H]1C2=CC[C@]2(C)[C@H]1CC[C@]2(O)C(=O)COC(=O)c1ccc([N+](=O)[O-])cc1Cl. The van der Waals surface area contributed by atoms with E-state index in [1.165, 1.54) is 17.2 Å². The molecule has 1 aromatic rings. The van der Waals surface area contributed by atoms with Gasteiger partial charge >= 0.3 is 5.97 Å². The van der Waals surface area contributed by atoms with E-state index in [9.17, 15) is 29.6 Å².